The number of anilines is 1. The molecule has 4 aromatic rings. The van der Waals surface area contributed by atoms with Gasteiger partial charge in [-0.3, -0.25) is 4.79 Å². The van der Waals surface area contributed by atoms with Crippen LogP contribution >= 0.6 is 0 Å². The highest BCUT2D eigenvalue weighted by atomic mass is 16.5. The predicted molar refractivity (Wildman–Crippen MR) is 105 cm³/mol. The number of hydrogen-bond donors (Lipinski definition) is 1. The number of fused-ring (bicyclic) bond motifs is 1. The molecule has 0 unspecified atom stereocenters. The first kappa shape index (κ1) is 19.2. The molecule has 1 amide bonds. The molecule has 0 atom stereocenters. The molecule has 0 aliphatic rings. The van der Waals surface area contributed by atoms with Crippen LogP contribution < -0.4 is 10.1 Å². The number of aromatic nitrogens is 2. The summed E-state index contributed by atoms with van der Waals surface area (Å²) in [5.41, 5.74) is 1.74. The quantitative estimate of drug-likeness (QED) is 0.481. The molecule has 3 heterocycles. The average Bonchev–Trinajstić information content (AvgIpc) is 3.40. The number of esters is 1. The smallest absolute Gasteiger partial charge is 0.339 e. The largest absolute Gasteiger partial charge is 0.486 e. The maximum absolute atomic E-state index is 12.7. The molecule has 0 radical (unpaired) electrons. The summed E-state index contributed by atoms with van der Waals surface area (Å²) in [5, 5.41) is 7.30. The molecule has 0 aliphatic heterocycles. The van der Waals surface area contributed by atoms with Gasteiger partial charge in [-0.1, -0.05) is 5.16 Å². The number of rotatable bonds is 6. The lowest BCUT2D eigenvalue weighted by Crippen LogP contribution is -2.13. The van der Waals surface area contributed by atoms with Gasteiger partial charge < -0.3 is 23.7 Å². The SMILES string of the molecule is COC(=O)c1ccc(NC(=O)c2cc(OCc3cc(C)on3)c3ccoc3c2)nc1. The van der Waals surface area contributed by atoms with Crippen LogP contribution in [0.25, 0.3) is 11.0 Å². The van der Waals surface area contributed by atoms with E-state index in [9.17, 15) is 9.59 Å². The summed E-state index contributed by atoms with van der Waals surface area (Å²) < 4.78 is 21.0. The van der Waals surface area contributed by atoms with Crippen LogP contribution in [0, 0.1) is 6.92 Å². The third kappa shape index (κ3) is 4.00. The normalized spacial score (nSPS) is 10.7. The number of pyridine rings is 1. The molecule has 0 spiro atoms. The highest BCUT2D eigenvalue weighted by molar-refractivity contribution is 6.06. The second-order valence-electron chi connectivity index (χ2n) is 6.40. The third-order valence-corrected chi connectivity index (χ3v) is 4.27. The van der Waals surface area contributed by atoms with Gasteiger partial charge in [-0.25, -0.2) is 9.78 Å². The first-order valence-corrected chi connectivity index (χ1v) is 8.95. The van der Waals surface area contributed by atoms with Crippen LogP contribution in [-0.2, 0) is 11.3 Å². The summed E-state index contributed by atoms with van der Waals surface area (Å²) in [5.74, 6) is 0.524. The number of aryl methyl sites for hydroxylation is 1. The third-order valence-electron chi connectivity index (χ3n) is 4.27. The molecule has 152 valence electrons. The Balaban J connectivity index is 1.54. The molecule has 0 saturated carbocycles. The van der Waals surface area contributed by atoms with Gasteiger partial charge in [-0.05, 0) is 37.3 Å². The summed E-state index contributed by atoms with van der Waals surface area (Å²) in [6, 6.07) is 9.78. The standard InChI is InChI=1S/C21H17N3O6/c1-12-7-15(24-30-12)11-29-18-9-14(8-17-16(18)5-6-28-17)20(25)23-19-4-3-13(10-22-19)21(26)27-2/h3-10H,11H2,1-2H3,(H,22,23,25). The van der Waals surface area contributed by atoms with Crippen molar-refractivity contribution in [2.24, 2.45) is 0 Å². The lowest BCUT2D eigenvalue weighted by molar-refractivity contribution is 0.0600. The van der Waals surface area contributed by atoms with Crippen molar-refractivity contribution < 1.29 is 28.0 Å². The van der Waals surface area contributed by atoms with Crippen molar-refractivity contribution >= 4 is 28.7 Å². The molecule has 0 bridgehead atoms. The summed E-state index contributed by atoms with van der Waals surface area (Å²) >= 11 is 0. The van der Waals surface area contributed by atoms with Gasteiger partial charge in [0, 0.05) is 17.8 Å². The highest BCUT2D eigenvalue weighted by Crippen LogP contribution is 2.29. The van der Waals surface area contributed by atoms with Gasteiger partial charge in [0.25, 0.3) is 5.91 Å². The number of carbonyl (C=O) groups is 2. The summed E-state index contributed by atoms with van der Waals surface area (Å²) in [6.07, 6.45) is 2.85. The number of methoxy groups -OCH3 is 1. The maximum atomic E-state index is 12.7. The van der Waals surface area contributed by atoms with Crippen LogP contribution in [0.4, 0.5) is 5.82 Å². The monoisotopic (exact) mass is 407 g/mol. The fourth-order valence-corrected chi connectivity index (χ4v) is 2.82. The Hall–Kier alpha value is -4.14. The van der Waals surface area contributed by atoms with Gasteiger partial charge in [-0.2, -0.15) is 0 Å². The van der Waals surface area contributed by atoms with E-state index >= 15 is 0 Å². The van der Waals surface area contributed by atoms with E-state index in [0.717, 1.165) is 5.39 Å². The van der Waals surface area contributed by atoms with Gasteiger partial charge in [0.15, 0.2) is 0 Å². The molecule has 9 nitrogen and oxygen atoms in total. The highest BCUT2D eigenvalue weighted by Gasteiger charge is 2.15. The van der Waals surface area contributed by atoms with Crippen LogP contribution in [0.3, 0.4) is 0 Å². The molecule has 9 heteroatoms. The number of hydrogen-bond acceptors (Lipinski definition) is 8. The summed E-state index contributed by atoms with van der Waals surface area (Å²) in [4.78, 5) is 28.3. The molecular formula is C21H17N3O6. The van der Waals surface area contributed by atoms with Crippen LogP contribution in [0.5, 0.6) is 5.75 Å². The number of nitrogens with zero attached hydrogens (tertiary/aromatic N) is 2. The van der Waals surface area contributed by atoms with Crippen molar-refractivity contribution in [2.45, 2.75) is 13.5 Å². The van der Waals surface area contributed by atoms with E-state index in [1.807, 2.05) is 0 Å². The van der Waals surface area contributed by atoms with Gasteiger partial charge in [0.1, 0.15) is 35.2 Å². The van der Waals surface area contributed by atoms with E-state index in [-0.39, 0.29) is 18.0 Å². The second kappa shape index (κ2) is 8.08. The van der Waals surface area contributed by atoms with Crippen molar-refractivity contribution in [3.63, 3.8) is 0 Å². The van der Waals surface area contributed by atoms with Crippen molar-refractivity contribution in [3.8, 4) is 5.75 Å². The Morgan fingerprint density at radius 3 is 2.70 bits per heavy atom. The molecular weight excluding hydrogens is 390 g/mol. The number of carbonyl (C=O) groups excluding carboxylic acids is 2. The lowest BCUT2D eigenvalue weighted by Gasteiger charge is -2.09. The van der Waals surface area contributed by atoms with Gasteiger partial charge >= 0.3 is 5.97 Å². The zero-order valence-electron chi connectivity index (χ0n) is 16.2. The van der Waals surface area contributed by atoms with Gasteiger partial charge in [0.05, 0.1) is 24.3 Å². The molecule has 0 aliphatic carbocycles. The second-order valence-corrected chi connectivity index (χ2v) is 6.40. The fourth-order valence-electron chi connectivity index (χ4n) is 2.82. The number of nitrogens with one attached hydrogen (secondary N) is 1. The average molecular weight is 407 g/mol. The Morgan fingerprint density at radius 2 is 2.00 bits per heavy atom. The number of furan rings is 1. The molecule has 0 saturated heterocycles. The number of ether oxygens (including phenoxy) is 2. The molecule has 1 N–H and O–H groups in total. The minimum Gasteiger partial charge on any atom is -0.486 e. The van der Waals surface area contributed by atoms with Crippen molar-refractivity contribution in [1.29, 1.82) is 0 Å². The predicted octanol–water partition coefficient (Wildman–Crippen LogP) is 3.74. The molecule has 3 aromatic heterocycles. The zero-order chi connectivity index (χ0) is 21.1. The first-order valence-electron chi connectivity index (χ1n) is 8.95. The number of amides is 1. The topological polar surface area (TPSA) is 117 Å². The fraction of sp³-hybridized carbons (Fsp3) is 0.143. The lowest BCUT2D eigenvalue weighted by atomic mass is 10.1. The maximum Gasteiger partial charge on any atom is 0.339 e. The van der Waals surface area contributed by atoms with E-state index < -0.39 is 11.9 Å². The van der Waals surface area contributed by atoms with Crippen LogP contribution in [-0.4, -0.2) is 29.1 Å². The van der Waals surface area contributed by atoms with Crippen molar-refractivity contribution in [3.05, 3.63) is 71.4 Å². The van der Waals surface area contributed by atoms with Crippen molar-refractivity contribution in [1.82, 2.24) is 10.1 Å². The van der Waals surface area contributed by atoms with Crippen LogP contribution in [0.2, 0.25) is 0 Å². The molecule has 4 rings (SSSR count). The van der Waals surface area contributed by atoms with E-state index in [1.165, 1.54) is 31.7 Å². The first-order chi connectivity index (χ1) is 14.5. The summed E-state index contributed by atoms with van der Waals surface area (Å²) in [6.45, 7) is 1.97. The molecule has 30 heavy (non-hydrogen) atoms. The Kier molecular flexibility index (Phi) is 5.17. The minimum absolute atomic E-state index is 0.180. The van der Waals surface area contributed by atoms with Crippen LogP contribution in [0.1, 0.15) is 32.2 Å². The van der Waals surface area contributed by atoms with E-state index in [1.54, 1.807) is 31.2 Å². The minimum atomic E-state index is -0.507. The van der Waals surface area contributed by atoms with Crippen molar-refractivity contribution in [2.75, 3.05) is 12.4 Å². The van der Waals surface area contributed by atoms with Crippen LogP contribution in [0.15, 0.2) is 57.8 Å². The van der Waals surface area contributed by atoms with E-state index in [4.69, 9.17) is 13.7 Å². The van der Waals surface area contributed by atoms with E-state index in [0.29, 0.717) is 28.4 Å². The van der Waals surface area contributed by atoms with Gasteiger partial charge in [-0.15, -0.1) is 0 Å². The number of benzene rings is 1. The Labute approximate surface area is 170 Å². The Morgan fingerprint density at radius 1 is 1.13 bits per heavy atom. The van der Waals surface area contributed by atoms with Gasteiger partial charge in [0.2, 0.25) is 0 Å². The zero-order valence-corrected chi connectivity index (χ0v) is 16.2. The summed E-state index contributed by atoms with van der Waals surface area (Å²) in [7, 11) is 1.28. The molecule has 0 fully saturated rings. The van der Waals surface area contributed by atoms with E-state index in [2.05, 4.69) is 20.2 Å². The Bertz CT molecular complexity index is 1210. The molecule has 1 aromatic carbocycles.